The zero-order valence-electron chi connectivity index (χ0n) is 6.96. The van der Waals surface area contributed by atoms with Gasteiger partial charge in [-0.15, -0.1) is 6.61 Å². The minimum absolute atomic E-state index is 0. The molecule has 0 saturated heterocycles. The van der Waals surface area contributed by atoms with Crippen LogP contribution < -0.4 is 5.11 Å². The van der Waals surface area contributed by atoms with Crippen molar-refractivity contribution in [3.8, 4) is 0 Å². The van der Waals surface area contributed by atoms with E-state index in [4.69, 9.17) is 20.4 Å². The van der Waals surface area contributed by atoms with Gasteiger partial charge < -0.3 is 20.4 Å². The third-order valence-electron chi connectivity index (χ3n) is 0. The summed E-state index contributed by atoms with van der Waals surface area (Å²) in [4.78, 5) is 0. The largest absolute Gasteiger partial charge is 0.855 e. The van der Waals surface area contributed by atoms with Crippen molar-refractivity contribution in [2.24, 2.45) is 0 Å². The Bertz CT molecular complexity index is 13.6. The molecule has 0 rings (SSSR count). The molecule has 5 heteroatoms. The van der Waals surface area contributed by atoms with E-state index in [2.05, 4.69) is 0 Å². The van der Waals surface area contributed by atoms with Crippen LogP contribution in [-0.2, 0) is 21.7 Å². The fourth-order valence-corrected chi connectivity index (χ4v) is 0. The average molecular weight is 189 g/mol. The number of hydrogen-bond donors (Lipinski definition) is 3. The molecule has 0 aliphatic carbocycles. The minimum atomic E-state index is 0. The van der Waals surface area contributed by atoms with Crippen molar-refractivity contribution in [2.75, 3.05) is 27.9 Å². The second-order valence-electron chi connectivity index (χ2n) is 0.289. The van der Waals surface area contributed by atoms with Crippen molar-refractivity contribution in [3.63, 3.8) is 0 Å². The molecule has 0 heterocycles. The summed E-state index contributed by atoms with van der Waals surface area (Å²) >= 11 is 0. The van der Waals surface area contributed by atoms with Gasteiger partial charge in [-0.2, -0.15) is 0 Å². The fraction of sp³-hybridized carbons (Fsp3) is 1.00. The molecule has 0 radical (unpaired) electrons. The number of hydrogen-bond acceptors (Lipinski definition) is 4. The van der Waals surface area contributed by atoms with Crippen LogP contribution in [0.2, 0.25) is 0 Å². The van der Waals surface area contributed by atoms with Gasteiger partial charge in [0.05, 0.1) is 0 Å². The molecule has 66 valence electrons. The molecule has 0 aliphatic heterocycles. The van der Waals surface area contributed by atoms with Crippen molar-refractivity contribution in [2.45, 2.75) is 6.92 Å². The molecule has 0 aromatic rings. The smallest absolute Gasteiger partial charge is 0.0319 e. The Hall–Kier alpha value is 0.554. The maximum atomic E-state index is 8.93. The van der Waals surface area contributed by atoms with Crippen molar-refractivity contribution < 1.29 is 42.1 Å². The first-order valence-electron chi connectivity index (χ1n) is 2.34. The number of aliphatic hydroxyl groups excluding tert-OH is 3. The van der Waals surface area contributed by atoms with Gasteiger partial charge in [0.25, 0.3) is 0 Å². The molecule has 0 bridgehead atoms. The molecule has 0 aromatic carbocycles. The van der Waals surface area contributed by atoms with Crippen LogP contribution >= 0.6 is 0 Å². The second kappa shape index (κ2) is 289. The van der Waals surface area contributed by atoms with Gasteiger partial charge in [0.1, 0.15) is 0 Å². The Kier molecular flexibility index (Phi) is 904. The van der Waals surface area contributed by atoms with E-state index >= 15 is 0 Å². The second-order valence-corrected chi connectivity index (χ2v) is 0.289. The summed E-state index contributed by atoms with van der Waals surface area (Å²) in [5.41, 5.74) is 0. The molecule has 10 heavy (non-hydrogen) atoms. The Morgan fingerprint density at radius 1 is 0.900 bits per heavy atom. The summed E-state index contributed by atoms with van der Waals surface area (Å²) in [6.45, 7) is 1.57. The molecule has 0 atom stereocenters. The average Bonchev–Trinajstić information content (AvgIpc) is 2.01. The van der Waals surface area contributed by atoms with Gasteiger partial charge in [0, 0.05) is 43.0 Å². The molecule has 4 nitrogen and oxygen atoms in total. The fourth-order valence-electron chi connectivity index (χ4n) is 0. The van der Waals surface area contributed by atoms with Gasteiger partial charge in [-0.25, -0.2) is 0 Å². The summed E-state index contributed by atoms with van der Waals surface area (Å²) in [5.74, 6) is 0. The van der Waals surface area contributed by atoms with Crippen molar-refractivity contribution >= 4 is 0 Å². The van der Waals surface area contributed by atoms with Crippen LogP contribution in [0.1, 0.15) is 6.92 Å². The van der Waals surface area contributed by atoms with Gasteiger partial charge in [0.2, 0.25) is 0 Å². The third-order valence-corrected chi connectivity index (χ3v) is 0. The van der Waals surface area contributed by atoms with E-state index in [-0.39, 0.29) is 28.3 Å². The quantitative estimate of drug-likeness (QED) is 0.392. The molecule has 0 saturated carbocycles. The van der Waals surface area contributed by atoms with E-state index in [0.29, 0.717) is 0 Å². The van der Waals surface area contributed by atoms with Crippen LogP contribution in [0.5, 0.6) is 0 Å². The first-order chi connectivity index (χ1) is 4.41. The van der Waals surface area contributed by atoms with E-state index in [1.54, 1.807) is 6.92 Å². The molecule has 0 aromatic heterocycles. The van der Waals surface area contributed by atoms with Crippen LogP contribution in [0.25, 0.3) is 0 Å². The number of aliphatic hydroxyl groups is 3. The van der Waals surface area contributed by atoms with Crippen molar-refractivity contribution in [1.82, 2.24) is 0 Å². The molecule has 0 aliphatic rings. The normalized spacial score (nSPS) is 3.60. The third kappa shape index (κ3) is 1590. The van der Waals surface area contributed by atoms with Crippen LogP contribution in [0, 0.1) is 0 Å². The SMILES string of the molecule is CC[O-].CO.CO.CO.[Ti]. The predicted octanol–water partition coefficient (Wildman–Crippen LogP) is -1.81. The van der Waals surface area contributed by atoms with E-state index in [0.717, 1.165) is 21.3 Å². The summed E-state index contributed by atoms with van der Waals surface area (Å²) in [5, 5.41) is 29.9. The number of rotatable bonds is 0. The summed E-state index contributed by atoms with van der Waals surface area (Å²) in [6, 6.07) is 0. The van der Waals surface area contributed by atoms with Crippen LogP contribution in [-0.4, -0.2) is 43.3 Å². The van der Waals surface area contributed by atoms with E-state index in [1.807, 2.05) is 0 Å². The van der Waals surface area contributed by atoms with Crippen LogP contribution in [0.4, 0.5) is 0 Å². The predicted molar refractivity (Wildman–Crippen MR) is 35.0 cm³/mol. The Morgan fingerprint density at radius 3 is 0.900 bits per heavy atom. The monoisotopic (exact) mass is 189 g/mol. The van der Waals surface area contributed by atoms with Crippen LogP contribution in [0.3, 0.4) is 0 Å². The van der Waals surface area contributed by atoms with Crippen LogP contribution in [0.15, 0.2) is 0 Å². The molecular formula is C5H17O4Ti-. The first kappa shape index (κ1) is 31.2. The summed E-state index contributed by atoms with van der Waals surface area (Å²) < 4.78 is 0. The van der Waals surface area contributed by atoms with Gasteiger partial charge in [0.15, 0.2) is 0 Å². The van der Waals surface area contributed by atoms with Crippen molar-refractivity contribution in [3.05, 3.63) is 0 Å². The van der Waals surface area contributed by atoms with E-state index < -0.39 is 0 Å². The first-order valence-corrected chi connectivity index (χ1v) is 2.34. The molecule has 3 N–H and O–H groups in total. The van der Waals surface area contributed by atoms with Gasteiger partial charge in [-0.05, 0) is 0 Å². The standard InChI is InChI=1S/C2H5O.3CH4O.Ti/c1-2-3;3*1-2;/h2H2,1H3;3*2H,1H3;/q-1;;;;. The van der Waals surface area contributed by atoms with Crippen molar-refractivity contribution in [1.29, 1.82) is 0 Å². The maximum Gasteiger partial charge on any atom is 0.0319 e. The molecule has 0 fully saturated rings. The Labute approximate surface area is 77.4 Å². The summed E-state index contributed by atoms with van der Waals surface area (Å²) in [6.07, 6.45) is 0. The minimum Gasteiger partial charge on any atom is -0.855 e. The maximum absolute atomic E-state index is 8.93. The zero-order valence-corrected chi connectivity index (χ0v) is 8.52. The summed E-state index contributed by atoms with van der Waals surface area (Å²) in [7, 11) is 3.00. The zero-order chi connectivity index (χ0) is 8.71. The Morgan fingerprint density at radius 2 is 0.900 bits per heavy atom. The topological polar surface area (TPSA) is 83.8 Å². The van der Waals surface area contributed by atoms with Gasteiger partial charge in [-0.3, -0.25) is 0 Å². The molecule has 0 spiro atoms. The van der Waals surface area contributed by atoms with E-state index in [1.165, 1.54) is 0 Å². The molecule has 0 unspecified atom stereocenters. The Balaban J connectivity index is -0.0000000110. The van der Waals surface area contributed by atoms with E-state index in [9.17, 15) is 0 Å². The van der Waals surface area contributed by atoms with Gasteiger partial charge in [-0.1, -0.05) is 6.92 Å². The molecular weight excluding hydrogens is 172 g/mol. The molecule has 0 amide bonds. The van der Waals surface area contributed by atoms with Gasteiger partial charge >= 0.3 is 0 Å².